The minimum absolute atomic E-state index is 0.0796. The molecule has 2 aliphatic carbocycles. The van der Waals surface area contributed by atoms with Gasteiger partial charge in [-0.25, -0.2) is 4.79 Å². The van der Waals surface area contributed by atoms with E-state index in [1.807, 2.05) is 0 Å². The van der Waals surface area contributed by atoms with Crippen LogP contribution in [-0.2, 0) is 4.79 Å². The Morgan fingerprint density at radius 2 is 2.05 bits per heavy atom. The molecule has 2 N–H and O–H groups in total. The molecule has 112 valence electrons. The Hall–Kier alpha value is -1.26. The monoisotopic (exact) mass is 280 g/mol. The van der Waals surface area contributed by atoms with Gasteiger partial charge in [-0.1, -0.05) is 6.42 Å². The zero-order valence-corrected chi connectivity index (χ0v) is 12.0. The molecule has 0 radical (unpaired) electrons. The summed E-state index contributed by atoms with van der Waals surface area (Å²) in [6.07, 6.45) is 5.86. The Kier molecular flexibility index (Phi) is 3.61. The predicted octanol–water partition coefficient (Wildman–Crippen LogP) is 1.93. The summed E-state index contributed by atoms with van der Waals surface area (Å²) in [5.74, 6) is 1.11. The lowest BCUT2D eigenvalue weighted by Crippen LogP contribution is -2.46. The van der Waals surface area contributed by atoms with Gasteiger partial charge in [0.15, 0.2) is 0 Å². The van der Waals surface area contributed by atoms with Crippen LogP contribution >= 0.6 is 0 Å². The summed E-state index contributed by atoms with van der Waals surface area (Å²) < 4.78 is 0. The summed E-state index contributed by atoms with van der Waals surface area (Å²) in [6, 6.07) is 0.130. The fraction of sp³-hybridized carbons (Fsp3) is 0.867. The van der Waals surface area contributed by atoms with Gasteiger partial charge in [0.1, 0.15) is 0 Å². The number of nitrogens with zero attached hydrogens (tertiary/aromatic N) is 1. The Bertz CT molecular complexity index is 412. The van der Waals surface area contributed by atoms with Gasteiger partial charge < -0.3 is 15.3 Å². The summed E-state index contributed by atoms with van der Waals surface area (Å²) >= 11 is 0. The van der Waals surface area contributed by atoms with Crippen LogP contribution in [0.1, 0.15) is 39.0 Å². The minimum atomic E-state index is -0.790. The third kappa shape index (κ3) is 2.50. The summed E-state index contributed by atoms with van der Waals surface area (Å²) in [4.78, 5) is 24.8. The number of carbonyl (C=O) groups excluding carboxylic acids is 1. The first kappa shape index (κ1) is 13.7. The fourth-order valence-electron chi connectivity index (χ4n) is 4.45. The molecule has 3 fully saturated rings. The van der Waals surface area contributed by atoms with E-state index in [-0.39, 0.29) is 12.1 Å². The van der Waals surface area contributed by atoms with Crippen LogP contribution in [0.3, 0.4) is 0 Å². The maximum atomic E-state index is 12.2. The molecule has 1 heterocycles. The number of hydrogen-bond donors (Lipinski definition) is 2. The summed E-state index contributed by atoms with van der Waals surface area (Å²) in [6.45, 7) is 3.02. The molecule has 2 bridgehead atoms. The number of rotatable bonds is 3. The molecular weight excluding hydrogens is 256 g/mol. The van der Waals surface area contributed by atoms with Gasteiger partial charge in [-0.2, -0.15) is 0 Å². The largest absolute Gasteiger partial charge is 0.481 e. The van der Waals surface area contributed by atoms with E-state index < -0.39 is 11.9 Å². The number of likely N-dealkylation sites (tertiary alicyclic amines) is 1. The molecule has 5 atom stereocenters. The van der Waals surface area contributed by atoms with E-state index in [1.54, 1.807) is 4.90 Å². The first-order valence-electron chi connectivity index (χ1n) is 7.83. The highest BCUT2D eigenvalue weighted by atomic mass is 16.4. The van der Waals surface area contributed by atoms with E-state index in [0.29, 0.717) is 25.4 Å². The van der Waals surface area contributed by atoms with Crippen LogP contribution in [0.15, 0.2) is 0 Å². The molecule has 0 aromatic rings. The summed E-state index contributed by atoms with van der Waals surface area (Å²) in [7, 11) is 0. The molecule has 5 heteroatoms. The second kappa shape index (κ2) is 5.26. The Labute approximate surface area is 119 Å². The van der Waals surface area contributed by atoms with Gasteiger partial charge in [-0.05, 0) is 50.4 Å². The SMILES string of the molecule is CC(NC(=O)N1CCC(C(=O)O)C1)C1CC2CCC1C2. The van der Waals surface area contributed by atoms with E-state index >= 15 is 0 Å². The highest BCUT2D eigenvalue weighted by Crippen LogP contribution is 2.49. The minimum Gasteiger partial charge on any atom is -0.481 e. The third-order valence-electron chi connectivity index (χ3n) is 5.61. The van der Waals surface area contributed by atoms with Crippen molar-refractivity contribution in [2.45, 2.75) is 45.1 Å². The van der Waals surface area contributed by atoms with Gasteiger partial charge in [0.05, 0.1) is 5.92 Å². The van der Waals surface area contributed by atoms with Crippen LogP contribution in [0.2, 0.25) is 0 Å². The Balaban J connectivity index is 1.50. The molecule has 0 aromatic heterocycles. The van der Waals surface area contributed by atoms with Crippen molar-refractivity contribution in [2.75, 3.05) is 13.1 Å². The number of carboxylic acid groups (broad SMARTS) is 1. The smallest absolute Gasteiger partial charge is 0.317 e. The van der Waals surface area contributed by atoms with Crippen molar-refractivity contribution in [3.05, 3.63) is 0 Å². The van der Waals surface area contributed by atoms with Crippen molar-refractivity contribution < 1.29 is 14.7 Å². The maximum Gasteiger partial charge on any atom is 0.317 e. The highest BCUT2D eigenvalue weighted by molar-refractivity contribution is 5.77. The number of aliphatic carboxylic acids is 1. The number of fused-ring (bicyclic) bond motifs is 2. The topological polar surface area (TPSA) is 69.6 Å². The number of amides is 2. The Morgan fingerprint density at radius 3 is 2.60 bits per heavy atom. The zero-order valence-electron chi connectivity index (χ0n) is 12.0. The number of hydrogen-bond acceptors (Lipinski definition) is 2. The van der Waals surface area contributed by atoms with E-state index in [4.69, 9.17) is 5.11 Å². The van der Waals surface area contributed by atoms with Gasteiger partial charge >= 0.3 is 12.0 Å². The molecule has 20 heavy (non-hydrogen) atoms. The van der Waals surface area contributed by atoms with Crippen molar-refractivity contribution in [3.8, 4) is 0 Å². The average Bonchev–Trinajstić information content (AvgIpc) is 3.14. The van der Waals surface area contributed by atoms with Gasteiger partial charge in [-0.15, -0.1) is 0 Å². The van der Waals surface area contributed by atoms with E-state index in [9.17, 15) is 9.59 Å². The lowest BCUT2D eigenvalue weighted by atomic mass is 9.84. The number of nitrogens with one attached hydrogen (secondary N) is 1. The van der Waals surface area contributed by atoms with Crippen molar-refractivity contribution in [1.82, 2.24) is 10.2 Å². The first-order chi connectivity index (χ1) is 9.54. The van der Waals surface area contributed by atoms with Crippen LogP contribution < -0.4 is 5.32 Å². The van der Waals surface area contributed by atoms with E-state index in [0.717, 1.165) is 11.8 Å². The van der Waals surface area contributed by atoms with Gasteiger partial charge in [-0.3, -0.25) is 4.79 Å². The summed E-state index contributed by atoms with van der Waals surface area (Å²) in [5.41, 5.74) is 0. The van der Waals surface area contributed by atoms with Crippen molar-refractivity contribution in [1.29, 1.82) is 0 Å². The highest BCUT2D eigenvalue weighted by Gasteiger charge is 2.42. The van der Waals surface area contributed by atoms with E-state index in [1.165, 1.54) is 25.7 Å². The molecule has 0 spiro atoms. The van der Waals surface area contributed by atoms with Crippen molar-refractivity contribution in [3.63, 3.8) is 0 Å². The number of carboxylic acids is 1. The van der Waals surface area contributed by atoms with Crippen LogP contribution in [0.4, 0.5) is 4.79 Å². The molecule has 5 unspecified atom stereocenters. The van der Waals surface area contributed by atoms with Gasteiger partial charge in [0.2, 0.25) is 0 Å². The van der Waals surface area contributed by atoms with Crippen LogP contribution in [0, 0.1) is 23.7 Å². The fourth-order valence-corrected chi connectivity index (χ4v) is 4.45. The van der Waals surface area contributed by atoms with Crippen LogP contribution in [0.5, 0.6) is 0 Å². The van der Waals surface area contributed by atoms with Crippen molar-refractivity contribution >= 4 is 12.0 Å². The average molecular weight is 280 g/mol. The zero-order chi connectivity index (χ0) is 14.3. The second-order valence-electron chi connectivity index (χ2n) is 6.85. The van der Waals surface area contributed by atoms with Gasteiger partial charge in [0.25, 0.3) is 0 Å². The summed E-state index contributed by atoms with van der Waals surface area (Å²) in [5, 5.41) is 12.1. The molecule has 1 aliphatic heterocycles. The van der Waals surface area contributed by atoms with Gasteiger partial charge in [0, 0.05) is 19.1 Å². The standard InChI is InChI=1S/C15H24N2O3/c1-9(13-7-10-2-3-11(13)6-10)16-15(20)17-5-4-12(8-17)14(18)19/h9-13H,2-8H2,1H3,(H,16,20)(H,18,19). The van der Waals surface area contributed by atoms with E-state index in [2.05, 4.69) is 12.2 Å². The number of carbonyl (C=O) groups is 2. The molecule has 0 aromatic carbocycles. The van der Waals surface area contributed by atoms with Crippen LogP contribution in [-0.4, -0.2) is 41.1 Å². The maximum absolute atomic E-state index is 12.2. The molecule has 1 saturated heterocycles. The van der Waals surface area contributed by atoms with Crippen molar-refractivity contribution in [2.24, 2.45) is 23.7 Å². The molecule has 3 aliphatic rings. The molecular formula is C15H24N2O3. The molecule has 2 saturated carbocycles. The second-order valence-corrected chi connectivity index (χ2v) is 6.85. The lowest BCUT2D eigenvalue weighted by Gasteiger charge is -2.30. The quantitative estimate of drug-likeness (QED) is 0.830. The molecule has 5 nitrogen and oxygen atoms in total. The predicted molar refractivity (Wildman–Crippen MR) is 74.2 cm³/mol. The third-order valence-corrected chi connectivity index (χ3v) is 5.61. The number of urea groups is 1. The normalized spacial score (nSPS) is 37.1. The first-order valence-corrected chi connectivity index (χ1v) is 7.83. The Morgan fingerprint density at radius 1 is 1.25 bits per heavy atom. The lowest BCUT2D eigenvalue weighted by molar-refractivity contribution is -0.141. The van der Waals surface area contributed by atoms with Crippen LogP contribution in [0.25, 0.3) is 0 Å². The molecule has 3 rings (SSSR count). The molecule has 2 amide bonds.